The first-order chi connectivity index (χ1) is 12.2. The Bertz CT molecular complexity index is 837. The summed E-state index contributed by atoms with van der Waals surface area (Å²) in [5, 5.41) is 9.80. The number of benzene rings is 1. The summed E-state index contributed by atoms with van der Waals surface area (Å²) in [4.78, 5) is 14.6. The fourth-order valence-electron chi connectivity index (χ4n) is 3.79. The third-order valence-electron chi connectivity index (χ3n) is 5.65. The average Bonchev–Trinajstić information content (AvgIpc) is 3.48. The van der Waals surface area contributed by atoms with Gasteiger partial charge in [-0.1, -0.05) is 30.3 Å². The second kappa shape index (κ2) is 6.40. The number of pyridine rings is 1. The Morgan fingerprint density at radius 1 is 1.12 bits per heavy atom. The van der Waals surface area contributed by atoms with Crippen LogP contribution >= 0.6 is 0 Å². The van der Waals surface area contributed by atoms with Gasteiger partial charge in [0.15, 0.2) is 0 Å². The molecule has 128 valence electrons. The molecule has 25 heavy (non-hydrogen) atoms. The van der Waals surface area contributed by atoms with Crippen molar-refractivity contribution >= 4 is 5.69 Å². The number of hydrogen-bond acceptors (Lipinski definition) is 3. The van der Waals surface area contributed by atoms with Crippen LogP contribution in [0.5, 0.6) is 0 Å². The quantitative estimate of drug-likeness (QED) is 0.862. The predicted molar refractivity (Wildman–Crippen MR) is 98.6 cm³/mol. The Balaban J connectivity index is 1.49. The van der Waals surface area contributed by atoms with Gasteiger partial charge >= 0.3 is 0 Å². The average molecular weight is 333 g/mol. The number of nitriles is 1. The van der Waals surface area contributed by atoms with Crippen molar-refractivity contribution in [3.63, 3.8) is 0 Å². The monoisotopic (exact) mass is 333 g/mol. The fraction of sp³-hybridized carbons (Fsp3) is 0.429. The van der Waals surface area contributed by atoms with Crippen LogP contribution in [0, 0.1) is 17.2 Å². The zero-order valence-corrected chi connectivity index (χ0v) is 14.4. The highest BCUT2D eigenvalue weighted by atomic mass is 16.1. The maximum absolute atomic E-state index is 12.3. The third-order valence-corrected chi connectivity index (χ3v) is 5.65. The van der Waals surface area contributed by atoms with Gasteiger partial charge in [-0.25, -0.2) is 0 Å². The molecule has 1 aromatic carbocycles. The summed E-state index contributed by atoms with van der Waals surface area (Å²) in [5.74, 6) is 0.695. The highest BCUT2D eigenvalue weighted by Gasteiger charge is 2.36. The number of piperidine rings is 1. The molecular weight excluding hydrogens is 310 g/mol. The number of anilines is 1. The van der Waals surface area contributed by atoms with Crippen LogP contribution in [-0.4, -0.2) is 17.7 Å². The molecule has 4 heteroatoms. The van der Waals surface area contributed by atoms with Gasteiger partial charge in [0.1, 0.15) is 0 Å². The van der Waals surface area contributed by atoms with Crippen LogP contribution in [0.15, 0.2) is 53.5 Å². The van der Waals surface area contributed by atoms with E-state index < -0.39 is 5.41 Å². The molecule has 1 saturated carbocycles. The van der Waals surface area contributed by atoms with E-state index in [1.807, 2.05) is 35.0 Å². The molecule has 0 atom stereocenters. The molecule has 0 bridgehead atoms. The molecule has 2 fully saturated rings. The van der Waals surface area contributed by atoms with E-state index in [4.69, 9.17) is 0 Å². The molecule has 4 nitrogen and oxygen atoms in total. The first kappa shape index (κ1) is 16.0. The molecule has 2 aliphatic rings. The molecule has 4 rings (SSSR count). The highest BCUT2D eigenvalue weighted by Crippen LogP contribution is 2.36. The van der Waals surface area contributed by atoms with Crippen LogP contribution in [0.2, 0.25) is 0 Å². The van der Waals surface area contributed by atoms with Crippen molar-refractivity contribution in [1.82, 2.24) is 4.57 Å². The predicted octanol–water partition coefficient (Wildman–Crippen LogP) is 3.32. The fourth-order valence-corrected chi connectivity index (χ4v) is 3.79. The molecule has 1 aliphatic carbocycles. The van der Waals surface area contributed by atoms with Crippen LogP contribution in [-0.2, 0) is 12.0 Å². The molecule has 1 aromatic heterocycles. The first-order valence-corrected chi connectivity index (χ1v) is 9.12. The first-order valence-electron chi connectivity index (χ1n) is 9.12. The standard InChI is InChI=1S/C21H23N3O/c22-16-21(18-4-2-1-3-5-18)9-12-23(13-10-21)19-8-11-24(20(25)14-19)15-17-6-7-17/h1-5,8,11,14,17H,6-7,9-10,12-13,15H2. The van der Waals surface area contributed by atoms with E-state index >= 15 is 0 Å². The smallest absolute Gasteiger partial charge is 0.252 e. The van der Waals surface area contributed by atoms with Crippen molar-refractivity contribution in [2.75, 3.05) is 18.0 Å². The van der Waals surface area contributed by atoms with Crippen LogP contribution in [0.3, 0.4) is 0 Å². The lowest BCUT2D eigenvalue weighted by molar-refractivity contribution is 0.415. The third kappa shape index (κ3) is 3.19. The van der Waals surface area contributed by atoms with Crippen LogP contribution in [0.4, 0.5) is 5.69 Å². The molecule has 0 spiro atoms. The highest BCUT2D eigenvalue weighted by molar-refractivity contribution is 5.47. The summed E-state index contributed by atoms with van der Waals surface area (Å²) in [6.07, 6.45) is 6.00. The van der Waals surface area contributed by atoms with Gasteiger partial charge in [0, 0.05) is 37.6 Å². The van der Waals surface area contributed by atoms with Crippen molar-refractivity contribution in [3.05, 3.63) is 64.6 Å². The summed E-state index contributed by atoms with van der Waals surface area (Å²) in [6, 6.07) is 16.5. The second-order valence-electron chi connectivity index (χ2n) is 7.37. The molecule has 2 aromatic rings. The summed E-state index contributed by atoms with van der Waals surface area (Å²) in [6.45, 7) is 2.45. The Kier molecular flexibility index (Phi) is 4.09. The summed E-state index contributed by atoms with van der Waals surface area (Å²) in [7, 11) is 0. The van der Waals surface area contributed by atoms with Crippen LogP contribution in [0.1, 0.15) is 31.2 Å². The van der Waals surface area contributed by atoms with Crippen molar-refractivity contribution in [1.29, 1.82) is 5.26 Å². The molecule has 0 radical (unpaired) electrons. The zero-order valence-electron chi connectivity index (χ0n) is 14.4. The Morgan fingerprint density at radius 3 is 2.44 bits per heavy atom. The van der Waals surface area contributed by atoms with Crippen LogP contribution in [0.25, 0.3) is 0 Å². The minimum Gasteiger partial charge on any atom is -0.371 e. The molecule has 2 heterocycles. The van der Waals surface area contributed by atoms with E-state index in [1.165, 1.54) is 12.8 Å². The Hall–Kier alpha value is -2.54. The molecular formula is C21H23N3O. The second-order valence-corrected chi connectivity index (χ2v) is 7.37. The summed E-state index contributed by atoms with van der Waals surface area (Å²) < 4.78 is 1.83. The lowest BCUT2D eigenvalue weighted by Gasteiger charge is -2.38. The van der Waals surface area contributed by atoms with Gasteiger partial charge in [0.05, 0.1) is 11.5 Å². The zero-order chi connectivity index (χ0) is 17.3. The lowest BCUT2D eigenvalue weighted by atomic mass is 9.74. The van der Waals surface area contributed by atoms with E-state index in [0.717, 1.165) is 43.7 Å². The van der Waals surface area contributed by atoms with Gasteiger partial charge in [-0.2, -0.15) is 5.26 Å². The Morgan fingerprint density at radius 2 is 1.84 bits per heavy atom. The molecule has 0 N–H and O–H groups in total. The minimum absolute atomic E-state index is 0.0876. The topological polar surface area (TPSA) is 49.0 Å². The van der Waals surface area contributed by atoms with Gasteiger partial charge in [-0.15, -0.1) is 0 Å². The molecule has 1 aliphatic heterocycles. The van der Waals surface area contributed by atoms with E-state index in [2.05, 4.69) is 23.1 Å². The minimum atomic E-state index is -0.404. The van der Waals surface area contributed by atoms with E-state index in [0.29, 0.717) is 5.92 Å². The molecule has 0 amide bonds. The molecule has 0 unspecified atom stereocenters. The Labute approximate surface area is 148 Å². The van der Waals surface area contributed by atoms with Crippen molar-refractivity contribution < 1.29 is 0 Å². The van der Waals surface area contributed by atoms with Gasteiger partial charge < -0.3 is 9.47 Å². The summed E-state index contributed by atoms with van der Waals surface area (Å²) in [5.41, 5.74) is 1.77. The number of hydrogen-bond donors (Lipinski definition) is 0. The summed E-state index contributed by atoms with van der Waals surface area (Å²) >= 11 is 0. The van der Waals surface area contributed by atoms with Crippen molar-refractivity contribution in [2.45, 2.75) is 37.6 Å². The van der Waals surface area contributed by atoms with Crippen molar-refractivity contribution in [2.24, 2.45) is 5.92 Å². The van der Waals surface area contributed by atoms with Gasteiger partial charge in [0.25, 0.3) is 5.56 Å². The van der Waals surface area contributed by atoms with E-state index in [-0.39, 0.29) is 5.56 Å². The van der Waals surface area contributed by atoms with Crippen molar-refractivity contribution in [3.8, 4) is 6.07 Å². The normalized spacial score (nSPS) is 19.4. The maximum Gasteiger partial charge on any atom is 0.252 e. The largest absolute Gasteiger partial charge is 0.371 e. The SMILES string of the molecule is N#CC1(c2ccccc2)CCN(c2ccn(CC3CC3)c(=O)c2)CC1. The van der Waals surface area contributed by atoms with E-state index in [1.54, 1.807) is 6.07 Å². The number of rotatable bonds is 4. The van der Waals surface area contributed by atoms with Crippen LogP contribution < -0.4 is 10.5 Å². The van der Waals surface area contributed by atoms with E-state index in [9.17, 15) is 10.1 Å². The number of aromatic nitrogens is 1. The van der Waals surface area contributed by atoms with Gasteiger partial charge in [-0.3, -0.25) is 4.79 Å². The molecule has 1 saturated heterocycles. The number of nitrogens with zero attached hydrogens (tertiary/aromatic N) is 3. The van der Waals surface area contributed by atoms with Gasteiger partial charge in [-0.05, 0) is 43.2 Å². The lowest BCUT2D eigenvalue weighted by Crippen LogP contribution is -2.42. The maximum atomic E-state index is 12.3. The van der Waals surface area contributed by atoms with Gasteiger partial charge in [0.2, 0.25) is 0 Å².